The minimum Gasteiger partial charge on any atom is -0.465 e. The van der Waals surface area contributed by atoms with Gasteiger partial charge in [0, 0.05) is 43.5 Å². The maximum Gasteiger partial charge on any atom is 0.338 e. The number of amides is 2. The summed E-state index contributed by atoms with van der Waals surface area (Å²) in [6, 6.07) is 96.3. The van der Waals surface area contributed by atoms with Gasteiger partial charge in [-0.1, -0.05) is 206 Å². The molecule has 0 bridgehead atoms. The number of aromatic amines is 3. The number of H-pyrrole nitrogens is 3. The Morgan fingerprint density at radius 1 is 0.427 bits per heavy atom. The predicted octanol–water partition coefficient (Wildman–Crippen LogP) is 22.3. The number of methoxy groups -OCH3 is 1. The van der Waals surface area contributed by atoms with Crippen molar-refractivity contribution in [3.05, 3.63) is 379 Å². The summed E-state index contributed by atoms with van der Waals surface area (Å²) in [7, 11) is 1.42. The SMILES string of the molecule is COC(=O)c1cccc2c1CN(c1nc3cc(-c4ccccc4)c(C)cc3[nH]1)C2.Cc1cc(N)c(N)cc1-c1ccccc1.Cc1cc([N+](=O)[O-])c(N)cc1-c1ccccc1.Cc1cc2[nH]c(Cl)nc2cc1-c1ccccc1.Cc1cc2[nH]c(N3Cc4cccc(C(=O)NO)c4C3)nc2cc1-c1ccccc1.Cc1cc2c(cc1-c1ccccc1)CC(=O)N2. The molecule has 618 valence electrons. The van der Waals surface area contributed by atoms with Crippen molar-refractivity contribution in [3.63, 3.8) is 0 Å². The van der Waals surface area contributed by atoms with Gasteiger partial charge in [0.15, 0.2) is 0 Å². The van der Waals surface area contributed by atoms with Crippen molar-refractivity contribution in [1.29, 1.82) is 0 Å². The highest BCUT2D eigenvalue weighted by atomic mass is 35.5. The highest BCUT2D eigenvalue weighted by Crippen LogP contribution is 2.39. The molecule has 0 spiro atoms. The second-order valence-corrected chi connectivity index (χ2v) is 31.1. The molecule has 14 aromatic carbocycles. The van der Waals surface area contributed by atoms with Gasteiger partial charge in [-0.05, 0) is 260 Å². The fourth-order valence-corrected chi connectivity index (χ4v) is 16.2. The van der Waals surface area contributed by atoms with Gasteiger partial charge in [0.1, 0.15) is 5.69 Å². The Labute approximate surface area is 722 Å². The summed E-state index contributed by atoms with van der Waals surface area (Å²) in [4.78, 5) is 73.8. The lowest BCUT2D eigenvalue weighted by Crippen LogP contribution is -2.21. The molecule has 3 aliphatic rings. The van der Waals surface area contributed by atoms with Crippen molar-refractivity contribution in [2.24, 2.45) is 0 Å². The number of nitrogen functional groups attached to an aromatic ring is 3. The number of ether oxygens (including phenoxy) is 1. The lowest BCUT2D eigenvalue weighted by atomic mass is 9.97. The molecule has 0 radical (unpaired) electrons. The van der Waals surface area contributed by atoms with E-state index in [0.717, 1.165) is 106 Å². The molecule has 17 aromatic rings. The monoisotopic (exact) mass is 1660 g/mol. The standard InChI is InChI=1S/C24H21N3O2.C23H20N4O2.C15H13NO.C14H11ClN2.C13H12N2O2.C13H14N2/c1-15-11-21-22(12-19(15)16-7-4-3-5-8-16)26-24(25-21)27-13-17-9-6-10-18(20(17)14-27)23(28)29-2;1-14-10-20-21(11-18(14)15-6-3-2-4-7-15)25-23(24-20)27-12-16-8-5-9-17(19(16)13-27)22(28)26-29;1-10-7-14-12(9-15(17)16-14)8-13(10)11-5-3-2-4-6-11;1-9-7-12-13(17-14(15)16-12)8-11(9)10-5-3-2-4-6-10;1-9-7-13(15(16)17)12(14)8-11(9)10-5-3-2-4-6-10;1-9-7-12(14)13(15)8-11(9)10-5-3-2-4-6-10/h3-12H,13-14H2,1-2H3,(H,25,26);2-11,29H,12-13H2,1H3,(H,24,25)(H,26,28);2-8H,9H2,1H3,(H,16,17);2-8H,1H3,(H,16,17);2-8H,14H2,1H3;2-8H,14-15H2,1H3. The number of nitrogens with one attached hydrogen (secondary N) is 5. The summed E-state index contributed by atoms with van der Waals surface area (Å²) in [5, 5.41) is 23.1. The predicted molar refractivity (Wildman–Crippen MR) is 499 cm³/mol. The van der Waals surface area contributed by atoms with Crippen molar-refractivity contribution < 1.29 is 29.3 Å². The second-order valence-electron chi connectivity index (χ2n) is 30.8. The fourth-order valence-electron chi connectivity index (χ4n) is 16.0. The number of rotatable bonds is 11. The average molecular weight is 1660 g/mol. The molecule has 2 amide bonds. The van der Waals surface area contributed by atoms with Crippen molar-refractivity contribution in [2.75, 3.05) is 39.4 Å². The van der Waals surface area contributed by atoms with Gasteiger partial charge in [-0.2, -0.15) is 0 Å². The van der Waals surface area contributed by atoms with E-state index in [2.05, 4.69) is 190 Å². The van der Waals surface area contributed by atoms with E-state index in [1.165, 1.54) is 85.5 Å². The van der Waals surface area contributed by atoms with E-state index in [1.54, 1.807) is 17.6 Å². The minimum absolute atomic E-state index is 0.0396. The summed E-state index contributed by atoms with van der Waals surface area (Å²) in [6.45, 7) is 14.8. The quantitative estimate of drug-likeness (QED) is 0.0191. The van der Waals surface area contributed by atoms with Crippen LogP contribution in [0, 0.1) is 51.7 Å². The zero-order valence-corrected chi connectivity index (χ0v) is 70.2. The number of carbonyl (C=O) groups is 3. The molecule has 0 saturated carbocycles. The Morgan fingerprint density at radius 3 is 1.20 bits per heavy atom. The number of aryl methyl sites for hydroxylation is 6. The van der Waals surface area contributed by atoms with Gasteiger partial charge in [-0.15, -0.1) is 0 Å². The molecule has 3 aromatic heterocycles. The Hall–Kier alpha value is -15.5. The molecule has 20 rings (SSSR count). The van der Waals surface area contributed by atoms with E-state index >= 15 is 0 Å². The van der Waals surface area contributed by atoms with Gasteiger partial charge in [0.25, 0.3) is 11.6 Å². The number of hydroxylamine groups is 1. The highest BCUT2D eigenvalue weighted by Gasteiger charge is 2.29. The summed E-state index contributed by atoms with van der Waals surface area (Å²) >= 11 is 5.87. The number of fused-ring (bicyclic) bond motifs is 6. The lowest BCUT2D eigenvalue weighted by Gasteiger charge is -2.13. The number of halogens is 1. The normalized spacial score (nSPS) is 12.0. The topological polar surface area (TPSA) is 318 Å². The first-order chi connectivity index (χ1) is 60.0. The van der Waals surface area contributed by atoms with E-state index < -0.39 is 10.8 Å². The van der Waals surface area contributed by atoms with Crippen LogP contribution in [0.5, 0.6) is 0 Å². The molecule has 21 nitrogen and oxygen atoms in total. The van der Waals surface area contributed by atoms with Crippen LogP contribution >= 0.6 is 11.6 Å². The number of hydrogen-bond donors (Lipinski definition) is 9. The largest absolute Gasteiger partial charge is 0.465 e. The fraction of sp³-hybridized carbons (Fsp3) is 0.118. The molecule has 0 saturated heterocycles. The summed E-state index contributed by atoms with van der Waals surface area (Å²) < 4.78 is 4.94. The van der Waals surface area contributed by atoms with E-state index in [1.807, 2.05) is 159 Å². The number of esters is 1. The minimum atomic E-state index is -0.489. The third-order valence-corrected chi connectivity index (χ3v) is 22.5. The van der Waals surface area contributed by atoms with Crippen LogP contribution in [-0.4, -0.2) is 64.9 Å². The highest BCUT2D eigenvalue weighted by molar-refractivity contribution is 6.29. The van der Waals surface area contributed by atoms with Gasteiger partial charge in [-0.25, -0.2) is 25.2 Å². The molecule has 0 atom stereocenters. The molecule has 6 heterocycles. The van der Waals surface area contributed by atoms with E-state index in [0.29, 0.717) is 60.4 Å². The van der Waals surface area contributed by atoms with E-state index in [4.69, 9.17) is 48.7 Å². The zero-order chi connectivity index (χ0) is 86.8. The third kappa shape index (κ3) is 18.6. The summed E-state index contributed by atoms with van der Waals surface area (Å²) in [5.41, 5.74) is 54.0. The Bertz CT molecular complexity index is 6630. The number of nitro benzene ring substituents is 1. The van der Waals surface area contributed by atoms with Crippen molar-refractivity contribution in [1.82, 2.24) is 35.4 Å². The number of carbonyl (C=O) groups excluding carboxylic acids is 3. The van der Waals surface area contributed by atoms with Gasteiger partial charge in [0.05, 0.1) is 68.5 Å². The number of nitro groups is 1. The van der Waals surface area contributed by atoms with Gasteiger partial charge < -0.3 is 52.0 Å². The molecule has 22 heteroatoms. The van der Waals surface area contributed by atoms with Crippen LogP contribution in [0.4, 0.5) is 40.3 Å². The summed E-state index contributed by atoms with van der Waals surface area (Å²) in [5.74, 6) is 0.894. The first kappa shape index (κ1) is 83.6. The molecule has 3 aliphatic heterocycles. The maximum absolute atomic E-state index is 12.1. The molecular formula is C102H91ClN14O7. The van der Waals surface area contributed by atoms with Crippen LogP contribution in [-0.2, 0) is 42.1 Å². The van der Waals surface area contributed by atoms with Gasteiger partial charge in [0.2, 0.25) is 23.1 Å². The number of nitrogens with two attached hydrogens (primary N) is 3. The molecule has 12 N–H and O–H groups in total. The number of nitrogens with zero attached hydrogens (tertiary/aromatic N) is 6. The molecule has 0 unspecified atom stereocenters. The first-order valence-electron chi connectivity index (χ1n) is 40.4. The van der Waals surface area contributed by atoms with Gasteiger partial charge in [-0.3, -0.25) is 24.9 Å². The van der Waals surface area contributed by atoms with Crippen LogP contribution in [0.25, 0.3) is 99.9 Å². The molecule has 0 fully saturated rings. The average Bonchev–Trinajstić information content (AvgIpc) is 1.62. The molecule has 124 heavy (non-hydrogen) atoms. The lowest BCUT2D eigenvalue weighted by molar-refractivity contribution is -0.383. The number of benzene rings is 14. The number of imidazole rings is 3. The number of aromatic nitrogens is 6. The smallest absolute Gasteiger partial charge is 0.338 e. The Kier molecular flexibility index (Phi) is 25.0. The second kappa shape index (κ2) is 37.0. The summed E-state index contributed by atoms with van der Waals surface area (Å²) in [6.07, 6.45) is 0.495. The first-order valence-corrected chi connectivity index (χ1v) is 40.8. The van der Waals surface area contributed by atoms with Gasteiger partial charge >= 0.3 is 5.97 Å². The molecule has 0 aliphatic carbocycles. The van der Waals surface area contributed by atoms with Crippen LogP contribution in [0.3, 0.4) is 0 Å². The van der Waals surface area contributed by atoms with Crippen molar-refractivity contribution >= 4 is 103 Å². The van der Waals surface area contributed by atoms with E-state index in [-0.39, 0.29) is 23.3 Å². The van der Waals surface area contributed by atoms with Crippen LogP contribution in [0.1, 0.15) is 81.9 Å². The maximum atomic E-state index is 12.1. The van der Waals surface area contributed by atoms with Crippen LogP contribution in [0.2, 0.25) is 5.28 Å². The Morgan fingerprint density at radius 2 is 0.782 bits per heavy atom. The molecular weight excluding hydrogens is 1570 g/mol. The number of anilines is 6. The Balaban J connectivity index is 0.000000118. The van der Waals surface area contributed by atoms with Crippen LogP contribution in [0.15, 0.2) is 291 Å². The number of hydrogen-bond acceptors (Lipinski definition) is 15. The van der Waals surface area contributed by atoms with E-state index in [9.17, 15) is 24.5 Å². The van der Waals surface area contributed by atoms with Crippen LogP contribution < -0.4 is 37.8 Å². The van der Waals surface area contributed by atoms with Crippen molar-refractivity contribution in [2.45, 2.75) is 74.1 Å². The zero-order valence-electron chi connectivity index (χ0n) is 69.4. The van der Waals surface area contributed by atoms with Crippen molar-refractivity contribution in [3.8, 4) is 66.8 Å². The third-order valence-electron chi connectivity index (χ3n) is 22.3.